The second-order valence-corrected chi connectivity index (χ2v) is 12.3. The van der Waals surface area contributed by atoms with E-state index < -0.39 is 0 Å². The summed E-state index contributed by atoms with van der Waals surface area (Å²) in [6, 6.07) is 57.7. The smallest absolute Gasteiger partial charge is 0.102 e. The van der Waals surface area contributed by atoms with Gasteiger partial charge in [0.05, 0.1) is 62.3 Å². The summed E-state index contributed by atoms with van der Waals surface area (Å²) < 4.78 is 4.39. The molecule has 7 aromatic carbocycles. The first-order valence-electron chi connectivity index (χ1n) is 16.3. The van der Waals surface area contributed by atoms with Crippen LogP contribution in [0.3, 0.4) is 0 Å². The van der Waals surface area contributed by atoms with E-state index in [0.717, 1.165) is 77.2 Å². The van der Waals surface area contributed by atoms with E-state index in [9.17, 15) is 15.8 Å². The highest BCUT2D eigenvalue weighted by molar-refractivity contribution is 6.11. The molecule has 0 bridgehead atoms. The van der Waals surface area contributed by atoms with E-state index in [-0.39, 0.29) is 0 Å². The fourth-order valence-electron chi connectivity index (χ4n) is 7.45. The summed E-state index contributed by atoms with van der Waals surface area (Å²) in [5.74, 6) is 0. The van der Waals surface area contributed by atoms with Crippen LogP contribution in [-0.4, -0.2) is 9.13 Å². The third-order valence-electron chi connectivity index (χ3n) is 9.63. The minimum atomic E-state index is 0.546. The highest BCUT2D eigenvalue weighted by Gasteiger charge is 2.20. The molecule has 9 aromatic rings. The Morgan fingerprint density at radius 2 is 0.880 bits per heavy atom. The number of rotatable bonds is 4. The molecule has 0 spiro atoms. The quantitative estimate of drug-likeness (QED) is 0.193. The zero-order valence-corrected chi connectivity index (χ0v) is 26.7. The highest BCUT2D eigenvalue weighted by atomic mass is 15.0. The summed E-state index contributed by atoms with van der Waals surface area (Å²) >= 11 is 0. The lowest BCUT2D eigenvalue weighted by Crippen LogP contribution is -2.00. The Hall–Kier alpha value is -7.39. The minimum absolute atomic E-state index is 0.546. The topological polar surface area (TPSA) is 81.2 Å². The second kappa shape index (κ2) is 11.4. The standard InChI is InChI=1S/C45H25N5/c46-26-29-19-21-44(49-40-15-4-1-11-34(40)35-12-2-5-16-41(35)49)37(23-29)32-10-7-9-31(25-32)33-14-8-18-43(39(33)28-48)50-42-17-6-3-13-36(42)38-24-30(27-47)20-22-45(38)50/h1-25H. The molecule has 0 fully saturated rings. The third-order valence-corrected chi connectivity index (χ3v) is 9.63. The molecular formula is C45H25N5. The Bertz CT molecular complexity index is 2920. The van der Waals surface area contributed by atoms with Gasteiger partial charge in [-0.1, -0.05) is 84.9 Å². The van der Waals surface area contributed by atoms with Gasteiger partial charge in [0.2, 0.25) is 0 Å². The maximum Gasteiger partial charge on any atom is 0.102 e. The Morgan fingerprint density at radius 3 is 1.52 bits per heavy atom. The summed E-state index contributed by atoms with van der Waals surface area (Å²) in [5, 5.41) is 34.7. The monoisotopic (exact) mass is 635 g/mol. The van der Waals surface area contributed by atoms with Gasteiger partial charge in [0.25, 0.3) is 0 Å². The predicted molar refractivity (Wildman–Crippen MR) is 200 cm³/mol. The average molecular weight is 636 g/mol. The number of aromatic nitrogens is 2. The Labute approximate surface area is 287 Å². The Balaban J connectivity index is 1.26. The molecule has 0 N–H and O–H groups in total. The maximum atomic E-state index is 10.8. The molecule has 230 valence electrons. The van der Waals surface area contributed by atoms with Crippen LogP contribution in [0.1, 0.15) is 16.7 Å². The molecule has 0 radical (unpaired) electrons. The van der Waals surface area contributed by atoms with Crippen LogP contribution >= 0.6 is 0 Å². The van der Waals surface area contributed by atoms with Crippen LogP contribution in [0.4, 0.5) is 0 Å². The third kappa shape index (κ3) is 4.31. The molecule has 0 unspecified atom stereocenters. The molecule has 0 aliphatic carbocycles. The van der Waals surface area contributed by atoms with Gasteiger partial charge in [-0.15, -0.1) is 0 Å². The zero-order valence-electron chi connectivity index (χ0n) is 26.7. The lowest BCUT2D eigenvalue weighted by Gasteiger charge is -2.16. The molecular weight excluding hydrogens is 611 g/mol. The number of fused-ring (bicyclic) bond motifs is 6. The van der Waals surface area contributed by atoms with E-state index in [1.54, 1.807) is 0 Å². The van der Waals surface area contributed by atoms with E-state index in [0.29, 0.717) is 16.7 Å². The van der Waals surface area contributed by atoms with Gasteiger partial charge in [0.15, 0.2) is 0 Å². The first-order valence-corrected chi connectivity index (χ1v) is 16.3. The van der Waals surface area contributed by atoms with Crippen LogP contribution in [0.5, 0.6) is 0 Å². The van der Waals surface area contributed by atoms with Gasteiger partial charge in [-0.05, 0) is 77.9 Å². The van der Waals surface area contributed by atoms with Gasteiger partial charge in [-0.3, -0.25) is 0 Å². The highest BCUT2D eigenvalue weighted by Crippen LogP contribution is 2.40. The van der Waals surface area contributed by atoms with Gasteiger partial charge in [-0.2, -0.15) is 15.8 Å². The summed E-state index contributed by atoms with van der Waals surface area (Å²) in [4.78, 5) is 0. The largest absolute Gasteiger partial charge is 0.309 e. The van der Waals surface area contributed by atoms with Crippen molar-refractivity contribution in [3.63, 3.8) is 0 Å². The number of para-hydroxylation sites is 3. The number of nitrogens with zero attached hydrogens (tertiary/aromatic N) is 5. The molecule has 5 nitrogen and oxygen atoms in total. The lowest BCUT2D eigenvalue weighted by molar-refractivity contribution is 1.17. The zero-order chi connectivity index (χ0) is 33.8. The number of hydrogen-bond acceptors (Lipinski definition) is 3. The van der Waals surface area contributed by atoms with Crippen LogP contribution in [-0.2, 0) is 0 Å². The number of hydrogen-bond donors (Lipinski definition) is 0. The summed E-state index contributed by atoms with van der Waals surface area (Å²) in [6.45, 7) is 0. The van der Waals surface area contributed by atoms with E-state index in [4.69, 9.17) is 0 Å². The van der Waals surface area contributed by atoms with E-state index in [2.05, 4.69) is 94.1 Å². The molecule has 2 aromatic heterocycles. The van der Waals surface area contributed by atoms with Crippen molar-refractivity contribution >= 4 is 43.6 Å². The van der Waals surface area contributed by atoms with Crippen LogP contribution in [0, 0.1) is 34.0 Å². The molecule has 9 rings (SSSR count). The van der Waals surface area contributed by atoms with E-state index in [1.165, 1.54) is 0 Å². The van der Waals surface area contributed by atoms with Gasteiger partial charge in [-0.25, -0.2) is 0 Å². The van der Waals surface area contributed by atoms with Gasteiger partial charge < -0.3 is 9.13 Å². The van der Waals surface area contributed by atoms with Crippen molar-refractivity contribution in [1.29, 1.82) is 15.8 Å². The lowest BCUT2D eigenvalue weighted by atomic mass is 9.94. The average Bonchev–Trinajstić information content (AvgIpc) is 3.70. The van der Waals surface area contributed by atoms with Crippen LogP contribution in [0.25, 0.3) is 77.2 Å². The molecule has 50 heavy (non-hydrogen) atoms. The first-order chi connectivity index (χ1) is 24.7. The normalized spacial score (nSPS) is 11.1. The minimum Gasteiger partial charge on any atom is -0.309 e. The van der Waals surface area contributed by atoms with Crippen molar-refractivity contribution in [1.82, 2.24) is 9.13 Å². The van der Waals surface area contributed by atoms with Crippen LogP contribution in [0.15, 0.2) is 152 Å². The molecule has 5 heteroatoms. The SMILES string of the molecule is N#Cc1ccc(-n2c3ccccc3c3ccccc32)c(-c2cccc(-c3cccc(-n4c5ccccc5c5cc(C#N)ccc54)c3C#N)c2)c1. The second-order valence-electron chi connectivity index (χ2n) is 12.3. The molecule has 2 heterocycles. The number of benzene rings is 7. The van der Waals surface area contributed by atoms with Crippen LogP contribution < -0.4 is 0 Å². The van der Waals surface area contributed by atoms with Crippen molar-refractivity contribution in [2.24, 2.45) is 0 Å². The molecule has 0 amide bonds. The Morgan fingerprint density at radius 1 is 0.360 bits per heavy atom. The van der Waals surface area contributed by atoms with E-state index in [1.807, 2.05) is 84.9 Å². The molecule has 0 atom stereocenters. The van der Waals surface area contributed by atoms with Gasteiger partial charge in [0.1, 0.15) is 6.07 Å². The molecule has 0 aliphatic heterocycles. The maximum absolute atomic E-state index is 10.8. The summed E-state index contributed by atoms with van der Waals surface area (Å²) in [7, 11) is 0. The molecule has 0 saturated carbocycles. The molecule has 0 saturated heterocycles. The van der Waals surface area contributed by atoms with Crippen molar-refractivity contribution in [2.45, 2.75) is 0 Å². The van der Waals surface area contributed by atoms with Gasteiger partial charge in [0, 0.05) is 32.7 Å². The van der Waals surface area contributed by atoms with E-state index >= 15 is 0 Å². The van der Waals surface area contributed by atoms with Crippen molar-refractivity contribution < 1.29 is 0 Å². The first kappa shape index (κ1) is 28.8. The Kier molecular flexibility index (Phi) is 6.56. The van der Waals surface area contributed by atoms with Gasteiger partial charge >= 0.3 is 0 Å². The fraction of sp³-hybridized carbons (Fsp3) is 0. The van der Waals surface area contributed by atoms with Crippen molar-refractivity contribution in [2.75, 3.05) is 0 Å². The summed E-state index contributed by atoms with van der Waals surface area (Å²) in [5.41, 5.74) is 11.1. The van der Waals surface area contributed by atoms with Crippen LogP contribution in [0.2, 0.25) is 0 Å². The van der Waals surface area contributed by atoms with Crippen molar-refractivity contribution in [3.8, 4) is 51.8 Å². The number of nitriles is 3. The molecule has 0 aliphatic rings. The van der Waals surface area contributed by atoms with Crippen molar-refractivity contribution in [3.05, 3.63) is 168 Å². The fourth-order valence-corrected chi connectivity index (χ4v) is 7.45. The predicted octanol–water partition coefficient (Wildman–Crippen LogP) is 10.8. The summed E-state index contributed by atoms with van der Waals surface area (Å²) in [6.07, 6.45) is 0.